The molecule has 0 saturated heterocycles. The maximum atomic E-state index is 10.1. The Morgan fingerprint density at radius 2 is 2.08 bits per heavy atom. The van der Waals surface area contributed by atoms with Gasteiger partial charge < -0.3 is 5.11 Å². The zero-order valence-corrected chi connectivity index (χ0v) is 9.26. The van der Waals surface area contributed by atoms with Crippen LogP contribution in [0.5, 0.6) is 0 Å². The van der Waals surface area contributed by atoms with Crippen molar-refractivity contribution in [3.8, 4) is 0 Å². The van der Waals surface area contributed by atoms with Crippen molar-refractivity contribution >= 4 is 15.9 Å². The highest BCUT2D eigenvalue weighted by molar-refractivity contribution is 9.10. The van der Waals surface area contributed by atoms with E-state index in [0.717, 1.165) is 29.3 Å². The molecule has 1 aliphatic rings. The van der Waals surface area contributed by atoms with Gasteiger partial charge in [0.05, 0.1) is 5.60 Å². The van der Waals surface area contributed by atoms with Gasteiger partial charge in [-0.15, -0.1) is 0 Å². The number of rotatable bonds is 1. The molecular weight excluding hydrogens is 228 g/mol. The van der Waals surface area contributed by atoms with Crippen molar-refractivity contribution in [2.45, 2.75) is 31.8 Å². The van der Waals surface area contributed by atoms with Crippen molar-refractivity contribution in [1.82, 2.24) is 0 Å². The molecule has 0 aromatic heterocycles. The summed E-state index contributed by atoms with van der Waals surface area (Å²) in [6, 6.07) is 6.14. The van der Waals surface area contributed by atoms with Crippen molar-refractivity contribution in [1.29, 1.82) is 0 Å². The Morgan fingerprint density at radius 3 is 2.54 bits per heavy atom. The summed E-state index contributed by atoms with van der Waals surface area (Å²) < 4.78 is 1.04. The largest absolute Gasteiger partial charge is 0.385 e. The Balaban J connectivity index is 2.40. The molecule has 0 unspecified atom stereocenters. The molecular formula is C11H13BrO. The minimum absolute atomic E-state index is 0.549. The lowest BCUT2D eigenvalue weighted by Crippen LogP contribution is -2.33. The van der Waals surface area contributed by atoms with Crippen molar-refractivity contribution < 1.29 is 5.11 Å². The molecule has 0 aliphatic heterocycles. The van der Waals surface area contributed by atoms with Gasteiger partial charge in [-0.1, -0.05) is 28.1 Å². The predicted octanol–water partition coefficient (Wildman–Crippen LogP) is 3.13. The SMILES string of the molecule is Cc1ccc(C2(O)CCC2)c(Br)c1. The van der Waals surface area contributed by atoms with Crippen LogP contribution in [0.4, 0.5) is 0 Å². The second kappa shape index (κ2) is 3.10. The highest BCUT2D eigenvalue weighted by atomic mass is 79.9. The summed E-state index contributed by atoms with van der Waals surface area (Å²) >= 11 is 3.50. The normalized spacial score (nSPS) is 19.6. The van der Waals surface area contributed by atoms with Crippen LogP contribution in [0, 0.1) is 6.92 Å². The molecule has 0 amide bonds. The molecule has 13 heavy (non-hydrogen) atoms. The van der Waals surface area contributed by atoms with Crippen LogP contribution in [-0.2, 0) is 5.60 Å². The molecule has 0 atom stereocenters. The van der Waals surface area contributed by atoms with Gasteiger partial charge in [0.1, 0.15) is 0 Å². The third kappa shape index (κ3) is 1.53. The predicted molar refractivity (Wildman–Crippen MR) is 56.6 cm³/mol. The first kappa shape index (κ1) is 9.22. The van der Waals surface area contributed by atoms with Gasteiger partial charge in [0.15, 0.2) is 0 Å². The Hall–Kier alpha value is -0.340. The van der Waals surface area contributed by atoms with E-state index in [0.29, 0.717) is 0 Å². The summed E-state index contributed by atoms with van der Waals surface area (Å²) in [6.07, 6.45) is 2.93. The van der Waals surface area contributed by atoms with E-state index in [1.54, 1.807) is 0 Å². The minimum Gasteiger partial charge on any atom is -0.385 e. The van der Waals surface area contributed by atoms with Crippen LogP contribution in [0.15, 0.2) is 22.7 Å². The van der Waals surface area contributed by atoms with Gasteiger partial charge in [0.2, 0.25) is 0 Å². The number of hydrogen-bond acceptors (Lipinski definition) is 1. The Bertz CT molecular complexity index is 329. The van der Waals surface area contributed by atoms with Gasteiger partial charge in [-0.05, 0) is 43.4 Å². The first-order chi connectivity index (χ1) is 6.12. The molecule has 1 aliphatic carbocycles. The number of aliphatic hydroxyl groups is 1. The molecule has 1 N–H and O–H groups in total. The average molecular weight is 241 g/mol. The van der Waals surface area contributed by atoms with Gasteiger partial charge in [-0.25, -0.2) is 0 Å². The molecule has 70 valence electrons. The standard InChI is InChI=1S/C11H13BrO/c1-8-3-4-9(10(12)7-8)11(13)5-2-6-11/h3-4,7,13H,2,5-6H2,1H3. The molecule has 0 heterocycles. The molecule has 1 fully saturated rings. The van der Waals surface area contributed by atoms with E-state index in [9.17, 15) is 5.11 Å². The fraction of sp³-hybridized carbons (Fsp3) is 0.455. The first-order valence-corrected chi connectivity index (χ1v) is 5.40. The second-order valence-corrected chi connectivity index (χ2v) is 4.72. The van der Waals surface area contributed by atoms with E-state index < -0.39 is 5.60 Å². The number of hydrogen-bond donors (Lipinski definition) is 1. The van der Waals surface area contributed by atoms with Crippen molar-refractivity contribution in [2.24, 2.45) is 0 Å². The molecule has 2 rings (SSSR count). The summed E-state index contributed by atoms with van der Waals surface area (Å²) in [5.74, 6) is 0. The van der Waals surface area contributed by atoms with Crippen LogP contribution in [0.1, 0.15) is 30.4 Å². The third-order valence-electron chi connectivity index (χ3n) is 2.81. The molecule has 1 aromatic carbocycles. The van der Waals surface area contributed by atoms with Gasteiger partial charge in [0, 0.05) is 4.47 Å². The van der Waals surface area contributed by atoms with E-state index in [2.05, 4.69) is 35.0 Å². The fourth-order valence-electron chi connectivity index (χ4n) is 1.78. The van der Waals surface area contributed by atoms with Gasteiger partial charge in [-0.2, -0.15) is 0 Å². The average Bonchev–Trinajstić information content (AvgIpc) is 2.00. The monoisotopic (exact) mass is 240 g/mol. The summed E-state index contributed by atoms with van der Waals surface area (Å²) in [5.41, 5.74) is 1.72. The van der Waals surface area contributed by atoms with Crippen LogP contribution >= 0.6 is 15.9 Å². The molecule has 0 radical (unpaired) electrons. The number of aryl methyl sites for hydroxylation is 1. The number of halogens is 1. The van der Waals surface area contributed by atoms with Crippen molar-refractivity contribution in [3.63, 3.8) is 0 Å². The van der Waals surface area contributed by atoms with E-state index in [4.69, 9.17) is 0 Å². The summed E-state index contributed by atoms with van der Waals surface area (Å²) in [7, 11) is 0. The lowest BCUT2D eigenvalue weighted by atomic mass is 9.75. The fourth-order valence-corrected chi connectivity index (χ4v) is 2.64. The lowest BCUT2D eigenvalue weighted by molar-refractivity contribution is -0.0394. The molecule has 1 nitrogen and oxygen atoms in total. The zero-order valence-electron chi connectivity index (χ0n) is 7.68. The van der Waals surface area contributed by atoms with Crippen LogP contribution < -0.4 is 0 Å². The van der Waals surface area contributed by atoms with E-state index in [1.807, 2.05) is 6.07 Å². The molecule has 1 saturated carbocycles. The van der Waals surface area contributed by atoms with Crippen LogP contribution in [0.25, 0.3) is 0 Å². The molecule has 0 bridgehead atoms. The summed E-state index contributed by atoms with van der Waals surface area (Å²) in [5, 5.41) is 10.1. The molecule has 2 heteroatoms. The van der Waals surface area contributed by atoms with Crippen LogP contribution in [0.3, 0.4) is 0 Å². The van der Waals surface area contributed by atoms with Crippen LogP contribution in [0.2, 0.25) is 0 Å². The first-order valence-electron chi connectivity index (χ1n) is 4.61. The highest BCUT2D eigenvalue weighted by Gasteiger charge is 2.37. The quantitative estimate of drug-likeness (QED) is 0.800. The third-order valence-corrected chi connectivity index (χ3v) is 3.46. The van der Waals surface area contributed by atoms with Crippen molar-refractivity contribution in [3.05, 3.63) is 33.8 Å². The highest BCUT2D eigenvalue weighted by Crippen LogP contribution is 2.43. The van der Waals surface area contributed by atoms with Gasteiger partial charge >= 0.3 is 0 Å². The molecule has 0 spiro atoms. The summed E-state index contributed by atoms with van der Waals surface area (Å²) in [4.78, 5) is 0. The second-order valence-electron chi connectivity index (χ2n) is 3.87. The smallest absolute Gasteiger partial charge is 0.0907 e. The van der Waals surface area contributed by atoms with E-state index >= 15 is 0 Å². The Morgan fingerprint density at radius 1 is 1.38 bits per heavy atom. The maximum absolute atomic E-state index is 10.1. The van der Waals surface area contributed by atoms with E-state index in [-0.39, 0.29) is 0 Å². The van der Waals surface area contributed by atoms with E-state index in [1.165, 1.54) is 5.56 Å². The zero-order chi connectivity index (χ0) is 9.47. The van der Waals surface area contributed by atoms with Gasteiger partial charge in [0.25, 0.3) is 0 Å². The Kier molecular flexibility index (Phi) is 2.20. The van der Waals surface area contributed by atoms with Crippen molar-refractivity contribution in [2.75, 3.05) is 0 Å². The topological polar surface area (TPSA) is 20.2 Å². The van der Waals surface area contributed by atoms with Crippen LogP contribution in [-0.4, -0.2) is 5.11 Å². The molecule has 1 aromatic rings. The maximum Gasteiger partial charge on any atom is 0.0907 e. The minimum atomic E-state index is -0.549. The number of benzene rings is 1. The lowest BCUT2D eigenvalue weighted by Gasteiger charge is -2.37. The van der Waals surface area contributed by atoms with Gasteiger partial charge in [-0.3, -0.25) is 0 Å². The summed E-state index contributed by atoms with van der Waals surface area (Å²) in [6.45, 7) is 2.05. The Labute approximate surface area is 86.9 Å².